The molecule has 1 unspecified atom stereocenters. The van der Waals surface area contributed by atoms with Crippen LogP contribution in [-0.2, 0) is 11.3 Å². The van der Waals surface area contributed by atoms with Gasteiger partial charge >= 0.3 is 0 Å². The van der Waals surface area contributed by atoms with Gasteiger partial charge in [0.25, 0.3) is 5.91 Å². The maximum atomic E-state index is 13.7. The molecule has 0 aliphatic carbocycles. The Hall–Kier alpha value is -3.67. The van der Waals surface area contributed by atoms with Crippen molar-refractivity contribution in [3.8, 4) is 16.9 Å². The van der Waals surface area contributed by atoms with Gasteiger partial charge in [0, 0.05) is 17.6 Å². The number of hydrogen-bond acceptors (Lipinski definition) is 3. The number of aromatic hydroxyl groups is 1. The average Bonchev–Trinajstić information content (AvgIpc) is 3.02. The lowest BCUT2D eigenvalue weighted by Gasteiger charge is -2.29. The maximum absolute atomic E-state index is 13.7. The van der Waals surface area contributed by atoms with Crippen LogP contribution in [0.2, 0.25) is 0 Å². The van der Waals surface area contributed by atoms with E-state index in [1.165, 1.54) is 18.2 Å². The average molecular weight is 461 g/mol. The summed E-state index contributed by atoms with van der Waals surface area (Å²) in [6, 6.07) is 14.6. The van der Waals surface area contributed by atoms with Gasteiger partial charge in [-0.3, -0.25) is 9.59 Å². The summed E-state index contributed by atoms with van der Waals surface area (Å²) in [5.41, 5.74) is 4.29. The summed E-state index contributed by atoms with van der Waals surface area (Å²) >= 11 is 0. The van der Waals surface area contributed by atoms with E-state index in [9.17, 15) is 19.1 Å². The Balaban J connectivity index is 1.80. The Morgan fingerprint density at radius 1 is 1.06 bits per heavy atom. The molecule has 0 saturated heterocycles. The highest BCUT2D eigenvalue weighted by Gasteiger charge is 2.43. The maximum Gasteiger partial charge on any atom is 0.255 e. The molecule has 4 rings (SSSR count). The Kier molecular flexibility index (Phi) is 5.94. The molecule has 1 atom stereocenters. The molecule has 0 bridgehead atoms. The first-order valence-electron chi connectivity index (χ1n) is 11.3. The number of carbonyl (C=O) groups excluding carboxylic acids is 2. The number of hydrogen-bond donors (Lipinski definition) is 2. The lowest BCUT2D eigenvalue weighted by Crippen LogP contribution is -2.46. The zero-order valence-corrected chi connectivity index (χ0v) is 20.1. The summed E-state index contributed by atoms with van der Waals surface area (Å²) < 4.78 is 13.7. The standard InChI is InChI=1S/C28H29FN2O3/c1-16-14-19(29)10-11-20(16)21-9-7-6-8-18(21)15-31-25(26(33)30-28(3,4)5)22-12-13-23(32)17(2)24(22)27(31)34/h6-14,25,32H,15H2,1-5H3,(H,30,33). The van der Waals surface area contributed by atoms with Gasteiger partial charge in [0.2, 0.25) is 5.91 Å². The van der Waals surface area contributed by atoms with Crippen molar-refractivity contribution in [1.82, 2.24) is 10.2 Å². The minimum absolute atomic E-state index is 0.0197. The molecule has 1 aliphatic heterocycles. The van der Waals surface area contributed by atoms with Crippen LogP contribution in [0.5, 0.6) is 5.75 Å². The highest BCUT2D eigenvalue weighted by molar-refractivity contribution is 6.06. The van der Waals surface area contributed by atoms with Crippen LogP contribution in [0.4, 0.5) is 4.39 Å². The van der Waals surface area contributed by atoms with Crippen molar-refractivity contribution in [2.45, 2.75) is 52.7 Å². The van der Waals surface area contributed by atoms with Gasteiger partial charge in [0.05, 0.1) is 5.56 Å². The minimum Gasteiger partial charge on any atom is -0.508 e. The molecule has 0 aromatic heterocycles. The van der Waals surface area contributed by atoms with Crippen LogP contribution in [0, 0.1) is 19.7 Å². The van der Waals surface area contributed by atoms with Crippen LogP contribution in [0.15, 0.2) is 54.6 Å². The Morgan fingerprint density at radius 3 is 2.44 bits per heavy atom. The van der Waals surface area contributed by atoms with Gasteiger partial charge in [0.1, 0.15) is 17.6 Å². The highest BCUT2D eigenvalue weighted by Crippen LogP contribution is 2.40. The number of nitrogens with one attached hydrogen (secondary N) is 1. The molecule has 1 aliphatic rings. The van der Waals surface area contributed by atoms with Crippen LogP contribution in [0.25, 0.3) is 11.1 Å². The van der Waals surface area contributed by atoms with Crippen LogP contribution in [0.3, 0.4) is 0 Å². The van der Waals surface area contributed by atoms with Crippen LogP contribution < -0.4 is 5.32 Å². The zero-order valence-electron chi connectivity index (χ0n) is 20.1. The summed E-state index contributed by atoms with van der Waals surface area (Å²) in [6.07, 6.45) is 0. The molecule has 3 aromatic carbocycles. The molecule has 6 heteroatoms. The number of phenolic OH excluding ortho intramolecular Hbond substituents is 1. The second-order valence-corrected chi connectivity index (χ2v) is 9.87. The first kappa shape index (κ1) is 23.5. The smallest absolute Gasteiger partial charge is 0.255 e. The van der Waals surface area contributed by atoms with Gasteiger partial charge in [-0.25, -0.2) is 4.39 Å². The lowest BCUT2D eigenvalue weighted by atomic mass is 9.95. The summed E-state index contributed by atoms with van der Waals surface area (Å²) in [6.45, 7) is 9.38. The molecule has 176 valence electrons. The monoisotopic (exact) mass is 460 g/mol. The predicted octanol–water partition coefficient (Wildman–Crippen LogP) is 5.43. The van der Waals surface area contributed by atoms with Crippen molar-refractivity contribution in [3.05, 3.63) is 88.2 Å². The van der Waals surface area contributed by atoms with Crippen LogP contribution in [0.1, 0.15) is 59.4 Å². The quantitative estimate of drug-likeness (QED) is 0.546. The van der Waals surface area contributed by atoms with Crippen molar-refractivity contribution in [2.75, 3.05) is 0 Å². The molecule has 2 N–H and O–H groups in total. The van der Waals surface area contributed by atoms with E-state index in [2.05, 4.69) is 5.32 Å². The molecule has 1 heterocycles. The van der Waals surface area contributed by atoms with Crippen LogP contribution >= 0.6 is 0 Å². The first-order valence-corrected chi connectivity index (χ1v) is 11.3. The number of rotatable bonds is 4. The Bertz CT molecular complexity index is 1290. The molecule has 3 aromatic rings. The number of benzene rings is 3. The summed E-state index contributed by atoms with van der Waals surface area (Å²) in [4.78, 5) is 28.6. The number of halogens is 1. The van der Waals surface area contributed by atoms with E-state index in [0.717, 1.165) is 22.3 Å². The van der Waals surface area contributed by atoms with Gasteiger partial charge in [-0.2, -0.15) is 0 Å². The topological polar surface area (TPSA) is 69.6 Å². The molecule has 2 amide bonds. The number of aryl methyl sites for hydroxylation is 1. The van der Waals surface area contributed by atoms with Gasteiger partial charge in [0.15, 0.2) is 0 Å². The SMILES string of the molecule is Cc1cc(F)ccc1-c1ccccc1CN1C(=O)c2c(ccc(O)c2C)C1C(=O)NC(C)(C)C. The Labute approximate surface area is 199 Å². The van der Waals surface area contributed by atoms with Crippen molar-refractivity contribution < 1.29 is 19.1 Å². The lowest BCUT2D eigenvalue weighted by molar-refractivity contribution is -0.127. The fraction of sp³-hybridized carbons (Fsp3) is 0.286. The van der Waals surface area contributed by atoms with Gasteiger partial charge in [-0.1, -0.05) is 36.4 Å². The highest BCUT2D eigenvalue weighted by atomic mass is 19.1. The number of carbonyl (C=O) groups is 2. The number of amides is 2. The van der Waals surface area contributed by atoms with E-state index < -0.39 is 11.6 Å². The molecular weight excluding hydrogens is 431 g/mol. The van der Waals surface area contributed by atoms with Crippen molar-refractivity contribution in [3.63, 3.8) is 0 Å². The third kappa shape index (κ3) is 4.28. The van der Waals surface area contributed by atoms with Gasteiger partial charge in [-0.15, -0.1) is 0 Å². The number of nitrogens with zero attached hydrogens (tertiary/aromatic N) is 1. The molecule has 34 heavy (non-hydrogen) atoms. The summed E-state index contributed by atoms with van der Waals surface area (Å²) in [5.74, 6) is -0.868. The van der Waals surface area contributed by atoms with Crippen molar-refractivity contribution >= 4 is 11.8 Å². The van der Waals surface area contributed by atoms with Crippen molar-refractivity contribution in [1.29, 1.82) is 0 Å². The third-order valence-corrected chi connectivity index (χ3v) is 6.13. The molecule has 0 radical (unpaired) electrons. The number of phenols is 1. The normalized spacial score (nSPS) is 15.4. The summed E-state index contributed by atoms with van der Waals surface area (Å²) in [5, 5.41) is 13.2. The zero-order chi connectivity index (χ0) is 24.8. The second kappa shape index (κ2) is 8.60. The number of fused-ring (bicyclic) bond motifs is 1. The largest absolute Gasteiger partial charge is 0.508 e. The molecule has 0 saturated carbocycles. The fourth-order valence-corrected chi connectivity index (χ4v) is 4.58. The molecule has 5 nitrogen and oxygen atoms in total. The Morgan fingerprint density at radius 2 is 1.76 bits per heavy atom. The van der Waals surface area contributed by atoms with E-state index in [1.807, 2.05) is 52.0 Å². The van der Waals surface area contributed by atoms with Crippen LogP contribution in [-0.4, -0.2) is 27.4 Å². The van der Waals surface area contributed by atoms with E-state index >= 15 is 0 Å². The van der Waals surface area contributed by atoms with Gasteiger partial charge < -0.3 is 15.3 Å². The van der Waals surface area contributed by atoms with Crippen molar-refractivity contribution in [2.24, 2.45) is 0 Å². The predicted molar refractivity (Wildman–Crippen MR) is 130 cm³/mol. The third-order valence-electron chi connectivity index (χ3n) is 6.13. The molecular formula is C28H29FN2O3. The fourth-order valence-electron chi connectivity index (χ4n) is 4.58. The molecule has 0 fully saturated rings. The van der Waals surface area contributed by atoms with E-state index in [0.29, 0.717) is 16.7 Å². The minimum atomic E-state index is -0.830. The van der Waals surface area contributed by atoms with E-state index in [4.69, 9.17) is 0 Å². The van der Waals surface area contributed by atoms with E-state index in [1.54, 1.807) is 24.0 Å². The summed E-state index contributed by atoms with van der Waals surface area (Å²) in [7, 11) is 0. The molecule has 0 spiro atoms. The first-order chi connectivity index (χ1) is 16.0. The second-order valence-electron chi connectivity index (χ2n) is 9.87. The van der Waals surface area contributed by atoms with Gasteiger partial charge in [-0.05, 0) is 80.6 Å². The van der Waals surface area contributed by atoms with E-state index in [-0.39, 0.29) is 29.9 Å².